The van der Waals surface area contributed by atoms with E-state index >= 15 is 0 Å². The van der Waals surface area contributed by atoms with Crippen LogP contribution in [0.15, 0.2) is 18.2 Å². The monoisotopic (exact) mass is 261 g/mol. The molecule has 1 aromatic carbocycles. The van der Waals surface area contributed by atoms with Crippen LogP contribution in [0.25, 0.3) is 0 Å². The topological polar surface area (TPSA) is 90.4 Å². The Morgan fingerprint density at radius 2 is 2.26 bits per heavy atom. The molecule has 0 bridgehead atoms. The maximum absolute atomic E-state index is 11.0. The van der Waals surface area contributed by atoms with Crippen LogP contribution >= 0.6 is 0 Å². The molecule has 1 aliphatic rings. The molecule has 0 atom stereocenters. The lowest BCUT2D eigenvalue weighted by Gasteiger charge is -2.47. The zero-order chi connectivity index (χ0) is 14.0. The molecule has 1 heterocycles. The fourth-order valence-electron chi connectivity index (χ4n) is 2.46. The summed E-state index contributed by atoms with van der Waals surface area (Å²) in [6.07, 6.45) is 1.54. The van der Waals surface area contributed by atoms with Gasteiger partial charge in [0.25, 0.3) is 5.69 Å². The first-order chi connectivity index (χ1) is 8.99. The van der Waals surface area contributed by atoms with Crippen LogP contribution in [-0.2, 0) is 0 Å². The minimum atomic E-state index is -0.759. The summed E-state index contributed by atoms with van der Waals surface area (Å²) in [5.74, 6) is 0. The second-order valence-corrected chi connectivity index (χ2v) is 4.90. The molecule has 0 amide bonds. The van der Waals surface area contributed by atoms with Crippen LogP contribution in [0, 0.1) is 21.4 Å². The highest BCUT2D eigenvalue weighted by Gasteiger charge is 2.42. The van der Waals surface area contributed by atoms with Crippen molar-refractivity contribution in [1.29, 1.82) is 5.26 Å². The quantitative estimate of drug-likeness (QED) is 0.659. The van der Waals surface area contributed by atoms with Gasteiger partial charge in [-0.2, -0.15) is 5.26 Å². The lowest BCUT2D eigenvalue weighted by Crippen LogP contribution is -2.62. The molecule has 0 radical (unpaired) electrons. The smallest absolute Gasteiger partial charge is 0.292 e. The number of nitrogens with zero attached hydrogens (tertiary/aromatic N) is 3. The summed E-state index contributed by atoms with van der Waals surface area (Å²) < 4.78 is 0. The van der Waals surface area contributed by atoms with Crippen molar-refractivity contribution >= 4 is 11.4 Å². The zero-order valence-corrected chi connectivity index (χ0v) is 10.7. The SMILES string of the molecule is CCCC1(O)CN(c2cc(C#N)ccc2[N+](=O)[O-])C1. The third-order valence-electron chi connectivity index (χ3n) is 3.33. The van der Waals surface area contributed by atoms with Crippen molar-refractivity contribution in [1.82, 2.24) is 0 Å². The van der Waals surface area contributed by atoms with E-state index in [4.69, 9.17) is 5.26 Å². The van der Waals surface area contributed by atoms with Gasteiger partial charge in [0.2, 0.25) is 0 Å². The third-order valence-corrected chi connectivity index (χ3v) is 3.33. The van der Waals surface area contributed by atoms with Crippen molar-refractivity contribution < 1.29 is 10.0 Å². The average molecular weight is 261 g/mol. The summed E-state index contributed by atoms with van der Waals surface area (Å²) in [5, 5.41) is 30.0. The number of benzene rings is 1. The predicted octanol–water partition coefficient (Wildman–Crippen LogP) is 1.82. The average Bonchev–Trinajstić information content (AvgIpc) is 2.35. The van der Waals surface area contributed by atoms with E-state index in [2.05, 4.69) is 0 Å². The van der Waals surface area contributed by atoms with Gasteiger partial charge in [-0.25, -0.2) is 0 Å². The van der Waals surface area contributed by atoms with E-state index in [1.807, 2.05) is 13.0 Å². The molecule has 2 rings (SSSR count). The highest BCUT2D eigenvalue weighted by atomic mass is 16.6. The summed E-state index contributed by atoms with van der Waals surface area (Å²) in [7, 11) is 0. The first kappa shape index (κ1) is 13.3. The molecule has 1 aromatic rings. The third kappa shape index (κ3) is 2.51. The molecule has 1 N–H and O–H groups in total. The Morgan fingerprint density at radius 1 is 1.58 bits per heavy atom. The number of nitriles is 1. The van der Waals surface area contributed by atoms with E-state index in [9.17, 15) is 15.2 Å². The molecule has 1 aliphatic heterocycles. The second kappa shape index (κ2) is 4.86. The molecule has 0 spiro atoms. The van der Waals surface area contributed by atoms with Gasteiger partial charge in [-0.05, 0) is 18.6 Å². The molecule has 0 aliphatic carbocycles. The van der Waals surface area contributed by atoms with Crippen LogP contribution in [0.5, 0.6) is 0 Å². The van der Waals surface area contributed by atoms with Crippen LogP contribution in [-0.4, -0.2) is 28.7 Å². The lowest BCUT2D eigenvalue weighted by atomic mass is 9.88. The minimum Gasteiger partial charge on any atom is -0.386 e. The summed E-state index contributed by atoms with van der Waals surface area (Å²) >= 11 is 0. The summed E-state index contributed by atoms with van der Waals surface area (Å²) in [5.41, 5.74) is -0.000416. The van der Waals surface area contributed by atoms with E-state index in [1.165, 1.54) is 18.2 Å². The lowest BCUT2D eigenvalue weighted by molar-refractivity contribution is -0.384. The molecule has 100 valence electrons. The summed E-state index contributed by atoms with van der Waals surface area (Å²) in [6, 6.07) is 6.24. The van der Waals surface area contributed by atoms with Gasteiger partial charge in [-0.15, -0.1) is 0 Å². The maximum atomic E-state index is 11.0. The standard InChI is InChI=1S/C13H15N3O3/c1-2-5-13(17)8-15(9-13)12-6-10(7-14)3-4-11(12)16(18)19/h3-4,6,17H,2,5,8-9H2,1H3. The Balaban J connectivity index is 2.26. The summed E-state index contributed by atoms with van der Waals surface area (Å²) in [6.45, 7) is 2.73. The van der Waals surface area contributed by atoms with E-state index in [-0.39, 0.29) is 5.69 Å². The fourth-order valence-corrected chi connectivity index (χ4v) is 2.46. The zero-order valence-electron chi connectivity index (χ0n) is 10.7. The Hall–Kier alpha value is -2.13. The first-order valence-corrected chi connectivity index (χ1v) is 6.15. The highest BCUT2D eigenvalue weighted by molar-refractivity contribution is 5.67. The number of nitro benzene ring substituents is 1. The van der Waals surface area contributed by atoms with Gasteiger partial charge in [0.05, 0.1) is 22.2 Å². The second-order valence-electron chi connectivity index (χ2n) is 4.90. The van der Waals surface area contributed by atoms with E-state index in [1.54, 1.807) is 4.90 Å². The van der Waals surface area contributed by atoms with Crippen LogP contribution in [0.2, 0.25) is 0 Å². The molecule has 6 heteroatoms. The molecular formula is C13H15N3O3. The number of anilines is 1. The Morgan fingerprint density at radius 3 is 2.79 bits per heavy atom. The molecular weight excluding hydrogens is 246 g/mol. The molecule has 0 aromatic heterocycles. The molecule has 1 fully saturated rings. The van der Waals surface area contributed by atoms with Crippen LogP contribution in [0.1, 0.15) is 25.3 Å². The van der Waals surface area contributed by atoms with Gasteiger partial charge in [-0.3, -0.25) is 10.1 Å². The van der Waals surface area contributed by atoms with Crippen molar-refractivity contribution in [2.75, 3.05) is 18.0 Å². The van der Waals surface area contributed by atoms with Crippen molar-refractivity contribution in [2.45, 2.75) is 25.4 Å². The Bertz CT molecular complexity index is 545. The fraction of sp³-hybridized carbons (Fsp3) is 0.462. The van der Waals surface area contributed by atoms with Crippen LogP contribution < -0.4 is 4.90 Å². The molecule has 6 nitrogen and oxygen atoms in total. The predicted molar refractivity (Wildman–Crippen MR) is 69.9 cm³/mol. The number of β-amino-alcohol motifs (C(OH)–C–C–N with tert-alkyl or cyclic N) is 1. The summed E-state index contributed by atoms with van der Waals surface area (Å²) in [4.78, 5) is 12.3. The largest absolute Gasteiger partial charge is 0.386 e. The van der Waals surface area contributed by atoms with E-state index in [0.717, 1.165) is 6.42 Å². The Labute approximate surface area is 111 Å². The maximum Gasteiger partial charge on any atom is 0.292 e. The Kier molecular flexibility index (Phi) is 3.40. The normalized spacial score (nSPS) is 16.6. The van der Waals surface area contributed by atoms with Crippen molar-refractivity contribution in [3.63, 3.8) is 0 Å². The minimum absolute atomic E-state index is 0.0300. The molecule has 0 saturated carbocycles. The highest BCUT2D eigenvalue weighted by Crippen LogP contribution is 2.36. The van der Waals surface area contributed by atoms with Crippen molar-refractivity contribution in [3.05, 3.63) is 33.9 Å². The van der Waals surface area contributed by atoms with Gasteiger partial charge in [-0.1, -0.05) is 13.3 Å². The number of hydrogen-bond donors (Lipinski definition) is 1. The molecule has 1 saturated heterocycles. The molecule has 19 heavy (non-hydrogen) atoms. The number of rotatable bonds is 4. The van der Waals surface area contributed by atoms with Crippen LogP contribution in [0.3, 0.4) is 0 Å². The van der Waals surface area contributed by atoms with Crippen LogP contribution in [0.4, 0.5) is 11.4 Å². The number of hydrogen-bond acceptors (Lipinski definition) is 5. The van der Waals surface area contributed by atoms with Crippen molar-refractivity contribution in [3.8, 4) is 6.07 Å². The van der Waals surface area contributed by atoms with Crippen molar-refractivity contribution in [2.24, 2.45) is 0 Å². The molecule has 0 unspecified atom stereocenters. The number of nitro groups is 1. The van der Waals surface area contributed by atoms with E-state index < -0.39 is 10.5 Å². The van der Waals surface area contributed by atoms with Gasteiger partial charge < -0.3 is 10.0 Å². The van der Waals surface area contributed by atoms with Gasteiger partial charge >= 0.3 is 0 Å². The number of aliphatic hydroxyl groups is 1. The van der Waals surface area contributed by atoms with Gasteiger partial charge in [0.15, 0.2) is 0 Å². The van der Waals surface area contributed by atoms with Gasteiger partial charge in [0, 0.05) is 19.2 Å². The van der Waals surface area contributed by atoms with Gasteiger partial charge in [0.1, 0.15) is 5.69 Å². The first-order valence-electron chi connectivity index (χ1n) is 6.15. The van der Waals surface area contributed by atoms with E-state index in [0.29, 0.717) is 30.8 Å².